The molecule has 0 spiro atoms. The number of fused-ring (bicyclic) bond motifs is 1. The van der Waals surface area contributed by atoms with Gasteiger partial charge in [0.05, 0.1) is 13.2 Å². The lowest BCUT2D eigenvalue weighted by molar-refractivity contribution is 0.0994. The van der Waals surface area contributed by atoms with Crippen LogP contribution in [0.4, 0.5) is 0 Å². The van der Waals surface area contributed by atoms with E-state index in [9.17, 15) is 5.11 Å². The summed E-state index contributed by atoms with van der Waals surface area (Å²) in [5, 5.41) is 11.6. The predicted octanol–water partition coefficient (Wildman–Crippen LogP) is 10.9. The molecule has 3 N–H and O–H groups in total. The molecule has 2 saturated carbocycles. The second kappa shape index (κ2) is 13.7. The van der Waals surface area contributed by atoms with E-state index in [0.29, 0.717) is 22.2 Å². The average Bonchev–Trinajstić information content (AvgIpc) is 3.57. The fraction of sp³-hybridized carbons (Fsp3) is 0.707. The minimum atomic E-state index is -0.482. The van der Waals surface area contributed by atoms with Crippen molar-refractivity contribution in [2.45, 2.75) is 132 Å². The molecule has 3 fully saturated rings. The standard InChI is InChI=1S/C21H31ClO.C20H32ClNO/c1-19(2,3)9-8-15-6-7-16(12-17(15)22)21-11-10-20(4,5)18(21)13-23-14-21;1-18(2,3)9-8-14-6-7-15(12-16(14)21)20(22)11-10-19(4,5)17(20)13-23/h6-7,12,18H,8-11,13-14H2,1-5H3;6-7,12,17,23H,8-11,13,22H2,1-5H3. The molecule has 1 saturated heterocycles. The smallest absolute Gasteiger partial charge is 0.0566 e. The number of benzene rings is 2. The lowest BCUT2D eigenvalue weighted by Crippen LogP contribution is -2.45. The maximum atomic E-state index is 9.88. The van der Waals surface area contributed by atoms with Crippen LogP contribution in [0.5, 0.6) is 0 Å². The number of hydrogen-bond donors (Lipinski definition) is 2. The Kier molecular flexibility index (Phi) is 11.2. The zero-order valence-electron chi connectivity index (χ0n) is 30.6. The van der Waals surface area contributed by atoms with Crippen LogP contribution in [0.1, 0.15) is 130 Å². The van der Waals surface area contributed by atoms with Crippen molar-refractivity contribution in [1.29, 1.82) is 0 Å². The highest BCUT2D eigenvalue weighted by molar-refractivity contribution is 6.31. The number of aryl methyl sites for hydroxylation is 2. The summed E-state index contributed by atoms with van der Waals surface area (Å²) < 4.78 is 5.92. The monoisotopic (exact) mass is 671 g/mol. The summed E-state index contributed by atoms with van der Waals surface area (Å²) in [6.07, 6.45) is 8.73. The first-order valence-corrected chi connectivity index (χ1v) is 18.4. The summed E-state index contributed by atoms with van der Waals surface area (Å²) >= 11 is 13.2. The lowest BCUT2D eigenvalue weighted by atomic mass is 9.69. The predicted molar refractivity (Wildman–Crippen MR) is 197 cm³/mol. The number of halogens is 2. The highest BCUT2D eigenvalue weighted by Crippen LogP contribution is 2.58. The molecular weight excluding hydrogens is 609 g/mol. The largest absolute Gasteiger partial charge is 0.396 e. The van der Waals surface area contributed by atoms with E-state index in [4.69, 9.17) is 33.7 Å². The van der Waals surface area contributed by atoms with Crippen LogP contribution in [0.3, 0.4) is 0 Å². The second-order valence-corrected chi connectivity index (χ2v) is 19.5. The molecule has 4 atom stereocenters. The van der Waals surface area contributed by atoms with Crippen LogP contribution < -0.4 is 5.73 Å². The third-order valence-corrected chi connectivity index (χ3v) is 12.6. The number of hydrogen-bond acceptors (Lipinski definition) is 3. The van der Waals surface area contributed by atoms with E-state index in [-0.39, 0.29) is 23.4 Å². The van der Waals surface area contributed by atoms with Crippen LogP contribution in [-0.2, 0) is 28.5 Å². The maximum absolute atomic E-state index is 9.88. The highest BCUT2D eigenvalue weighted by atomic mass is 35.5. The van der Waals surface area contributed by atoms with Crippen molar-refractivity contribution in [3.8, 4) is 0 Å². The summed E-state index contributed by atoms with van der Waals surface area (Å²) in [4.78, 5) is 0. The summed E-state index contributed by atoms with van der Waals surface area (Å²) in [6, 6.07) is 13.1. The Morgan fingerprint density at radius 2 is 1.26 bits per heavy atom. The lowest BCUT2D eigenvalue weighted by Gasteiger charge is -2.37. The van der Waals surface area contributed by atoms with Gasteiger partial charge >= 0.3 is 0 Å². The van der Waals surface area contributed by atoms with Gasteiger partial charge in [0.25, 0.3) is 0 Å². The molecule has 3 nitrogen and oxygen atoms in total. The zero-order valence-corrected chi connectivity index (χ0v) is 32.1. The van der Waals surface area contributed by atoms with E-state index >= 15 is 0 Å². The van der Waals surface area contributed by atoms with Crippen LogP contribution in [0.2, 0.25) is 10.0 Å². The Labute approximate surface area is 291 Å². The Morgan fingerprint density at radius 3 is 1.76 bits per heavy atom. The van der Waals surface area contributed by atoms with E-state index in [2.05, 4.69) is 99.6 Å². The SMILES string of the molecule is CC(C)(C)CCc1ccc(C2(N)CCC(C)(C)C2CO)cc1Cl.CC(C)(C)CCc1ccc(C23CCC(C)(C)C2COC3)cc1Cl. The third-order valence-electron chi connectivity index (χ3n) is 11.9. The molecule has 5 heteroatoms. The van der Waals surface area contributed by atoms with Gasteiger partial charge in [-0.05, 0) is 113 Å². The van der Waals surface area contributed by atoms with Gasteiger partial charge in [0.15, 0.2) is 0 Å². The van der Waals surface area contributed by atoms with Crippen molar-refractivity contribution < 1.29 is 9.84 Å². The molecule has 3 aliphatic rings. The van der Waals surface area contributed by atoms with E-state index in [1.807, 2.05) is 6.07 Å². The van der Waals surface area contributed by atoms with Gasteiger partial charge in [0.2, 0.25) is 0 Å². The average molecular weight is 673 g/mol. The molecular formula is C41H63Cl2NO2. The Morgan fingerprint density at radius 1 is 0.761 bits per heavy atom. The minimum Gasteiger partial charge on any atom is -0.396 e. The summed E-state index contributed by atoms with van der Waals surface area (Å²) in [7, 11) is 0. The van der Waals surface area contributed by atoms with Gasteiger partial charge in [-0.2, -0.15) is 0 Å². The molecule has 2 aromatic rings. The molecule has 5 rings (SSSR count). The summed E-state index contributed by atoms with van der Waals surface area (Å²) in [5.74, 6) is 0.679. The van der Waals surface area contributed by atoms with Crippen molar-refractivity contribution in [3.05, 3.63) is 68.7 Å². The Balaban J connectivity index is 0.000000209. The third kappa shape index (κ3) is 8.19. The first kappa shape index (κ1) is 37.7. The van der Waals surface area contributed by atoms with E-state index in [0.717, 1.165) is 67.3 Å². The maximum Gasteiger partial charge on any atom is 0.0566 e. The van der Waals surface area contributed by atoms with Gasteiger partial charge in [0.1, 0.15) is 0 Å². The topological polar surface area (TPSA) is 55.5 Å². The van der Waals surface area contributed by atoms with Crippen molar-refractivity contribution in [2.24, 2.45) is 39.2 Å². The molecule has 2 aliphatic carbocycles. The van der Waals surface area contributed by atoms with Gasteiger partial charge in [-0.25, -0.2) is 0 Å². The van der Waals surface area contributed by atoms with Crippen LogP contribution in [0.15, 0.2) is 36.4 Å². The van der Waals surface area contributed by atoms with Crippen molar-refractivity contribution in [1.82, 2.24) is 0 Å². The molecule has 46 heavy (non-hydrogen) atoms. The highest BCUT2D eigenvalue weighted by Gasteiger charge is 2.56. The summed E-state index contributed by atoms with van der Waals surface area (Å²) in [5.41, 5.74) is 12.5. The molecule has 0 aromatic heterocycles. The van der Waals surface area contributed by atoms with Gasteiger partial charge in [-0.3, -0.25) is 0 Å². The zero-order chi connectivity index (χ0) is 34.3. The molecule has 0 radical (unpaired) electrons. The number of ether oxygens (including phenoxy) is 1. The number of nitrogens with two attached hydrogens (primary N) is 1. The molecule has 4 unspecified atom stereocenters. The van der Waals surface area contributed by atoms with Gasteiger partial charge in [-0.1, -0.05) is 117 Å². The molecule has 1 aliphatic heterocycles. The molecule has 258 valence electrons. The van der Waals surface area contributed by atoms with Crippen molar-refractivity contribution in [3.63, 3.8) is 0 Å². The number of aliphatic hydroxyl groups is 1. The molecule has 0 bridgehead atoms. The quantitative estimate of drug-likeness (QED) is 0.308. The van der Waals surface area contributed by atoms with Crippen LogP contribution >= 0.6 is 23.2 Å². The van der Waals surface area contributed by atoms with Crippen LogP contribution in [0.25, 0.3) is 0 Å². The van der Waals surface area contributed by atoms with Gasteiger partial charge < -0.3 is 15.6 Å². The van der Waals surface area contributed by atoms with Crippen molar-refractivity contribution in [2.75, 3.05) is 19.8 Å². The van der Waals surface area contributed by atoms with Crippen molar-refractivity contribution >= 4 is 23.2 Å². The molecule has 1 heterocycles. The number of aliphatic hydroxyl groups excluding tert-OH is 1. The second-order valence-electron chi connectivity index (χ2n) is 18.7. The first-order chi connectivity index (χ1) is 21.1. The van der Waals surface area contributed by atoms with E-state index in [1.54, 1.807) is 0 Å². The molecule has 0 amide bonds. The molecule has 2 aromatic carbocycles. The van der Waals surface area contributed by atoms with Gasteiger partial charge in [0, 0.05) is 33.5 Å². The first-order valence-electron chi connectivity index (χ1n) is 17.7. The normalized spacial score (nSPS) is 28.6. The number of rotatable bonds is 7. The summed E-state index contributed by atoms with van der Waals surface area (Å²) in [6.45, 7) is 24.7. The fourth-order valence-corrected chi connectivity index (χ4v) is 8.99. The van der Waals surface area contributed by atoms with Crippen LogP contribution in [0, 0.1) is 33.5 Å². The Bertz CT molecular complexity index is 1340. The Hall–Kier alpha value is -1.10. The minimum absolute atomic E-state index is 0.0564. The van der Waals surface area contributed by atoms with Gasteiger partial charge in [-0.15, -0.1) is 0 Å². The van der Waals surface area contributed by atoms with Crippen LogP contribution in [-0.4, -0.2) is 24.9 Å². The van der Waals surface area contributed by atoms with E-state index < -0.39 is 5.54 Å². The fourth-order valence-electron chi connectivity index (χ4n) is 8.44. The van der Waals surface area contributed by atoms with E-state index in [1.165, 1.54) is 29.5 Å².